The number of amides is 2. The molecule has 4 atom stereocenters. The van der Waals surface area contributed by atoms with Gasteiger partial charge in [-0.15, -0.1) is 0 Å². The summed E-state index contributed by atoms with van der Waals surface area (Å²) >= 11 is 0. The maximum absolute atomic E-state index is 11.8. The summed E-state index contributed by atoms with van der Waals surface area (Å²) in [5.74, 6) is -0.0878. The molecule has 2 aliphatic rings. The zero-order valence-corrected chi connectivity index (χ0v) is 13.1. The monoisotopic (exact) mass is 312 g/mol. The van der Waals surface area contributed by atoms with E-state index in [1.807, 2.05) is 0 Å². The van der Waals surface area contributed by atoms with Crippen molar-refractivity contribution in [3.05, 3.63) is 0 Å². The first kappa shape index (κ1) is 17.2. The minimum Gasteiger partial charge on any atom is -0.391 e. The van der Waals surface area contributed by atoms with Crippen molar-refractivity contribution in [3.63, 3.8) is 0 Å². The highest BCUT2D eigenvalue weighted by atomic mass is 16.3. The third-order valence-corrected chi connectivity index (χ3v) is 4.71. The van der Waals surface area contributed by atoms with Crippen molar-refractivity contribution in [2.75, 3.05) is 0 Å². The second-order valence-corrected chi connectivity index (χ2v) is 6.55. The zero-order valence-electron chi connectivity index (χ0n) is 13.1. The van der Waals surface area contributed by atoms with Crippen LogP contribution >= 0.6 is 0 Å². The molecule has 0 aromatic rings. The van der Waals surface area contributed by atoms with Gasteiger partial charge < -0.3 is 20.8 Å². The van der Waals surface area contributed by atoms with Crippen LogP contribution in [0.3, 0.4) is 0 Å². The van der Waals surface area contributed by atoms with Crippen LogP contribution in [0.25, 0.3) is 0 Å². The van der Waals surface area contributed by atoms with Crippen molar-refractivity contribution < 1.29 is 19.8 Å². The van der Waals surface area contributed by atoms with Gasteiger partial charge in [0.25, 0.3) is 0 Å². The number of aliphatic hydroxyl groups excluding tert-OH is 2. The van der Waals surface area contributed by atoms with Crippen LogP contribution in [0.1, 0.15) is 64.2 Å². The largest absolute Gasteiger partial charge is 0.391 e. The van der Waals surface area contributed by atoms with Crippen LogP contribution in [0.5, 0.6) is 0 Å². The molecule has 22 heavy (non-hydrogen) atoms. The normalized spacial score (nSPS) is 31.2. The number of hydrogen-bond donors (Lipinski definition) is 4. The highest BCUT2D eigenvalue weighted by molar-refractivity contribution is 5.77. The lowest BCUT2D eigenvalue weighted by Gasteiger charge is -2.17. The molecule has 6 nitrogen and oxygen atoms in total. The van der Waals surface area contributed by atoms with Gasteiger partial charge in [0.15, 0.2) is 0 Å². The molecule has 2 aliphatic carbocycles. The second-order valence-electron chi connectivity index (χ2n) is 6.55. The van der Waals surface area contributed by atoms with Crippen molar-refractivity contribution in [2.45, 2.75) is 88.5 Å². The van der Waals surface area contributed by atoms with Gasteiger partial charge in [-0.3, -0.25) is 9.59 Å². The first-order valence-electron chi connectivity index (χ1n) is 8.51. The summed E-state index contributed by atoms with van der Waals surface area (Å²) in [7, 11) is 0. The maximum atomic E-state index is 11.8. The molecule has 126 valence electrons. The predicted octanol–water partition coefficient (Wildman–Crippen LogP) is 0.606. The molecule has 0 heterocycles. The van der Waals surface area contributed by atoms with Gasteiger partial charge >= 0.3 is 0 Å². The minimum atomic E-state index is -0.410. The van der Waals surface area contributed by atoms with Gasteiger partial charge in [-0.2, -0.15) is 0 Å². The summed E-state index contributed by atoms with van der Waals surface area (Å²) in [5, 5.41) is 25.0. The average Bonchev–Trinajstić information content (AvgIpc) is 3.05. The average molecular weight is 312 g/mol. The van der Waals surface area contributed by atoms with Gasteiger partial charge in [0.1, 0.15) is 0 Å². The molecule has 0 aromatic heterocycles. The Hall–Kier alpha value is -1.14. The van der Waals surface area contributed by atoms with E-state index >= 15 is 0 Å². The summed E-state index contributed by atoms with van der Waals surface area (Å²) in [6.45, 7) is 0. The Labute approximate surface area is 131 Å². The van der Waals surface area contributed by atoms with Crippen molar-refractivity contribution in [3.8, 4) is 0 Å². The molecule has 0 aromatic carbocycles. The maximum Gasteiger partial charge on any atom is 0.220 e. The van der Waals surface area contributed by atoms with Crippen LogP contribution in [-0.2, 0) is 9.59 Å². The fraction of sp³-hybridized carbons (Fsp3) is 0.875. The van der Waals surface area contributed by atoms with E-state index in [2.05, 4.69) is 10.6 Å². The molecule has 0 bridgehead atoms. The van der Waals surface area contributed by atoms with Gasteiger partial charge in [-0.1, -0.05) is 0 Å². The fourth-order valence-electron chi connectivity index (χ4n) is 3.35. The quantitative estimate of drug-likeness (QED) is 0.518. The lowest BCUT2D eigenvalue weighted by atomic mass is 10.1. The molecule has 2 amide bonds. The van der Waals surface area contributed by atoms with E-state index in [-0.39, 0.29) is 23.9 Å². The van der Waals surface area contributed by atoms with Gasteiger partial charge in [-0.05, 0) is 51.4 Å². The minimum absolute atomic E-state index is 0.0439. The molecular formula is C16H28N2O4. The van der Waals surface area contributed by atoms with E-state index in [1.165, 1.54) is 0 Å². The number of aliphatic hydroxyl groups is 2. The standard InChI is InChI=1S/C16H28N2O4/c19-13-7-3-5-11(13)17-15(21)9-1-2-10-16(22)18-12-6-4-8-14(12)20/h11-14,19-20H,1-10H2,(H,17,21)(H,18,22)/t11-,12+,13+,14-. The summed E-state index contributed by atoms with van der Waals surface area (Å²) < 4.78 is 0. The third-order valence-electron chi connectivity index (χ3n) is 4.71. The molecule has 2 fully saturated rings. The summed E-state index contributed by atoms with van der Waals surface area (Å²) in [5.41, 5.74) is 0. The lowest BCUT2D eigenvalue weighted by Crippen LogP contribution is -2.40. The predicted molar refractivity (Wildman–Crippen MR) is 82.0 cm³/mol. The van der Waals surface area contributed by atoms with Crippen LogP contribution in [0.2, 0.25) is 0 Å². The number of rotatable bonds is 7. The van der Waals surface area contributed by atoms with E-state index < -0.39 is 12.2 Å². The highest BCUT2D eigenvalue weighted by Crippen LogP contribution is 2.20. The zero-order chi connectivity index (χ0) is 15.9. The number of unbranched alkanes of at least 4 members (excludes halogenated alkanes) is 1. The molecule has 6 heteroatoms. The summed E-state index contributed by atoms with van der Waals surface area (Å²) in [6, 6.07) is -0.195. The van der Waals surface area contributed by atoms with Crippen molar-refractivity contribution in [1.29, 1.82) is 0 Å². The Kier molecular flexibility index (Phi) is 6.64. The van der Waals surface area contributed by atoms with Gasteiger partial charge in [0, 0.05) is 12.8 Å². The first-order valence-corrected chi connectivity index (χ1v) is 8.51. The van der Waals surface area contributed by atoms with Crippen LogP contribution in [0.15, 0.2) is 0 Å². The Balaban J connectivity index is 1.52. The molecule has 4 N–H and O–H groups in total. The van der Waals surface area contributed by atoms with Gasteiger partial charge in [0.05, 0.1) is 24.3 Å². The second kappa shape index (κ2) is 8.48. The third kappa shape index (κ3) is 5.25. The summed E-state index contributed by atoms with van der Waals surface area (Å²) in [4.78, 5) is 23.5. The Morgan fingerprint density at radius 2 is 1.18 bits per heavy atom. The van der Waals surface area contributed by atoms with Crippen molar-refractivity contribution >= 4 is 11.8 Å². The van der Waals surface area contributed by atoms with Crippen molar-refractivity contribution in [1.82, 2.24) is 10.6 Å². The summed E-state index contributed by atoms with van der Waals surface area (Å²) in [6.07, 6.45) is 6.42. The molecule has 0 radical (unpaired) electrons. The lowest BCUT2D eigenvalue weighted by molar-refractivity contribution is -0.124. The molecule has 0 spiro atoms. The van der Waals surface area contributed by atoms with E-state index in [9.17, 15) is 19.8 Å². The highest BCUT2D eigenvalue weighted by Gasteiger charge is 2.27. The van der Waals surface area contributed by atoms with Gasteiger partial charge in [-0.25, -0.2) is 0 Å². The van der Waals surface area contributed by atoms with E-state index in [0.717, 1.165) is 38.5 Å². The van der Waals surface area contributed by atoms with Crippen LogP contribution < -0.4 is 10.6 Å². The van der Waals surface area contributed by atoms with Crippen LogP contribution in [-0.4, -0.2) is 46.3 Å². The Morgan fingerprint density at radius 3 is 1.50 bits per heavy atom. The van der Waals surface area contributed by atoms with Crippen LogP contribution in [0.4, 0.5) is 0 Å². The number of nitrogens with one attached hydrogen (secondary N) is 2. The van der Waals surface area contributed by atoms with Crippen LogP contribution in [0, 0.1) is 0 Å². The Morgan fingerprint density at radius 1 is 0.773 bits per heavy atom. The molecule has 2 saturated carbocycles. The molecule has 2 rings (SSSR count). The number of hydrogen-bond acceptors (Lipinski definition) is 4. The topological polar surface area (TPSA) is 98.7 Å². The molecule has 0 unspecified atom stereocenters. The van der Waals surface area contributed by atoms with E-state index in [0.29, 0.717) is 25.7 Å². The SMILES string of the molecule is O=C(CCCCC(=O)N[C@@H]1CCC[C@@H]1O)N[C@H]1CCC[C@H]1O. The van der Waals surface area contributed by atoms with E-state index in [1.54, 1.807) is 0 Å². The smallest absolute Gasteiger partial charge is 0.220 e. The molecule has 0 saturated heterocycles. The first-order chi connectivity index (χ1) is 10.6. The van der Waals surface area contributed by atoms with Crippen molar-refractivity contribution in [2.24, 2.45) is 0 Å². The van der Waals surface area contributed by atoms with Gasteiger partial charge in [0.2, 0.25) is 11.8 Å². The Bertz CT molecular complexity index is 352. The molecule has 0 aliphatic heterocycles. The van der Waals surface area contributed by atoms with E-state index in [4.69, 9.17) is 0 Å². The fourth-order valence-corrected chi connectivity index (χ4v) is 3.35. The number of carbonyl (C=O) groups excluding carboxylic acids is 2. The number of carbonyl (C=O) groups is 2. The molecular weight excluding hydrogens is 284 g/mol.